The second-order valence-electron chi connectivity index (χ2n) is 6.29. The summed E-state index contributed by atoms with van der Waals surface area (Å²) in [5.74, 6) is 1.24. The Morgan fingerprint density at radius 2 is 2.00 bits per heavy atom. The van der Waals surface area contributed by atoms with Crippen molar-refractivity contribution < 1.29 is 4.79 Å². The smallest absolute Gasteiger partial charge is 0.222 e. The second-order valence-corrected chi connectivity index (χ2v) is 6.29. The van der Waals surface area contributed by atoms with Gasteiger partial charge in [-0.05, 0) is 30.7 Å². The predicted octanol–water partition coefficient (Wildman–Crippen LogP) is 2.52. The average molecular weight is 272 g/mol. The van der Waals surface area contributed by atoms with E-state index >= 15 is 0 Å². The van der Waals surface area contributed by atoms with Crippen LogP contribution in [0.25, 0.3) is 0 Å². The molecular weight excluding hydrogens is 248 g/mol. The largest absolute Gasteiger partial charge is 0.342 e. The highest BCUT2D eigenvalue weighted by Gasteiger charge is 2.31. The maximum Gasteiger partial charge on any atom is 0.222 e. The molecular formula is C17H24N2O. The van der Waals surface area contributed by atoms with Gasteiger partial charge in [0, 0.05) is 31.5 Å². The van der Waals surface area contributed by atoms with Crippen LogP contribution < -0.4 is 5.73 Å². The van der Waals surface area contributed by atoms with Crippen LogP contribution in [0.4, 0.5) is 0 Å². The van der Waals surface area contributed by atoms with E-state index in [9.17, 15) is 4.79 Å². The molecule has 1 aromatic carbocycles. The van der Waals surface area contributed by atoms with Crippen molar-refractivity contribution in [2.45, 2.75) is 44.1 Å². The number of rotatable bonds is 3. The van der Waals surface area contributed by atoms with Crippen LogP contribution in [-0.4, -0.2) is 29.9 Å². The summed E-state index contributed by atoms with van der Waals surface area (Å²) in [5, 5.41) is 0. The van der Waals surface area contributed by atoms with E-state index in [-0.39, 0.29) is 6.04 Å². The van der Waals surface area contributed by atoms with Gasteiger partial charge in [-0.3, -0.25) is 4.79 Å². The van der Waals surface area contributed by atoms with Gasteiger partial charge in [0.15, 0.2) is 0 Å². The predicted molar refractivity (Wildman–Crippen MR) is 80.3 cm³/mol. The van der Waals surface area contributed by atoms with Crippen molar-refractivity contribution in [3.63, 3.8) is 0 Å². The fraction of sp³-hybridized carbons (Fsp3) is 0.588. The van der Waals surface area contributed by atoms with Crippen molar-refractivity contribution in [1.82, 2.24) is 4.90 Å². The first-order valence-electron chi connectivity index (χ1n) is 7.82. The molecule has 3 nitrogen and oxygen atoms in total. The molecule has 1 unspecified atom stereocenters. The first-order chi connectivity index (χ1) is 9.74. The van der Waals surface area contributed by atoms with Gasteiger partial charge in [-0.25, -0.2) is 0 Å². The molecule has 1 saturated heterocycles. The number of hydrogen-bond donors (Lipinski definition) is 1. The molecule has 20 heavy (non-hydrogen) atoms. The van der Waals surface area contributed by atoms with E-state index < -0.39 is 0 Å². The van der Waals surface area contributed by atoms with Crippen LogP contribution >= 0.6 is 0 Å². The third-order valence-electron chi connectivity index (χ3n) is 4.97. The lowest BCUT2D eigenvalue weighted by Crippen LogP contribution is -2.33. The van der Waals surface area contributed by atoms with Crippen LogP contribution in [0.2, 0.25) is 0 Å². The Bertz CT molecular complexity index is 459. The molecule has 3 rings (SSSR count). The summed E-state index contributed by atoms with van der Waals surface area (Å²) in [4.78, 5) is 14.4. The van der Waals surface area contributed by atoms with Crippen molar-refractivity contribution in [3.8, 4) is 0 Å². The second kappa shape index (κ2) is 5.96. The first-order valence-corrected chi connectivity index (χ1v) is 7.82. The molecule has 2 aliphatic rings. The van der Waals surface area contributed by atoms with Crippen LogP contribution in [0.1, 0.15) is 43.6 Å². The molecule has 1 aromatic rings. The Morgan fingerprint density at radius 1 is 1.20 bits per heavy atom. The van der Waals surface area contributed by atoms with Crippen molar-refractivity contribution in [3.05, 3.63) is 35.9 Å². The van der Waals surface area contributed by atoms with Gasteiger partial charge in [0.25, 0.3) is 0 Å². The third-order valence-corrected chi connectivity index (χ3v) is 4.97. The Labute approximate surface area is 121 Å². The lowest BCUT2D eigenvalue weighted by Gasteiger charge is -2.21. The zero-order valence-corrected chi connectivity index (χ0v) is 12.0. The Morgan fingerprint density at radius 3 is 2.70 bits per heavy atom. The maximum absolute atomic E-state index is 12.4. The van der Waals surface area contributed by atoms with Crippen LogP contribution in [-0.2, 0) is 4.79 Å². The zero-order valence-electron chi connectivity index (χ0n) is 12.0. The molecule has 3 heteroatoms. The highest BCUT2D eigenvalue weighted by atomic mass is 16.2. The standard InChI is InChI=1S/C17H24N2O/c18-16-8-4-7-14(16)11-17(20)19-10-9-15(12-19)13-5-2-1-3-6-13/h1-3,5-6,14-16H,4,7-12,18H2/t14-,15?,16+/m0/s1. The van der Waals surface area contributed by atoms with Crippen LogP contribution in [0.15, 0.2) is 30.3 Å². The quantitative estimate of drug-likeness (QED) is 0.919. The van der Waals surface area contributed by atoms with E-state index in [1.54, 1.807) is 0 Å². The Hall–Kier alpha value is -1.35. The molecule has 0 radical (unpaired) electrons. The van der Waals surface area contributed by atoms with E-state index in [1.165, 1.54) is 12.0 Å². The molecule has 2 N–H and O–H groups in total. The normalized spacial score (nSPS) is 29.9. The monoisotopic (exact) mass is 272 g/mol. The maximum atomic E-state index is 12.4. The van der Waals surface area contributed by atoms with E-state index in [0.717, 1.165) is 32.4 Å². The number of nitrogens with zero attached hydrogens (tertiary/aromatic N) is 1. The molecule has 1 heterocycles. The van der Waals surface area contributed by atoms with Crippen molar-refractivity contribution >= 4 is 5.91 Å². The van der Waals surface area contributed by atoms with E-state index in [1.807, 2.05) is 11.0 Å². The molecule has 1 saturated carbocycles. The van der Waals surface area contributed by atoms with E-state index in [2.05, 4.69) is 24.3 Å². The zero-order chi connectivity index (χ0) is 13.9. The highest BCUT2D eigenvalue weighted by molar-refractivity contribution is 5.77. The molecule has 2 fully saturated rings. The molecule has 108 valence electrons. The molecule has 0 spiro atoms. The van der Waals surface area contributed by atoms with Gasteiger partial charge in [0.2, 0.25) is 5.91 Å². The van der Waals surface area contributed by atoms with Gasteiger partial charge < -0.3 is 10.6 Å². The fourth-order valence-corrected chi connectivity index (χ4v) is 3.66. The van der Waals surface area contributed by atoms with Crippen LogP contribution in [0.3, 0.4) is 0 Å². The van der Waals surface area contributed by atoms with Crippen molar-refractivity contribution in [2.75, 3.05) is 13.1 Å². The highest BCUT2D eigenvalue weighted by Crippen LogP contribution is 2.31. The van der Waals surface area contributed by atoms with Crippen LogP contribution in [0.5, 0.6) is 0 Å². The Balaban J connectivity index is 1.55. The number of nitrogens with two attached hydrogens (primary N) is 1. The summed E-state index contributed by atoms with van der Waals surface area (Å²) in [5.41, 5.74) is 7.44. The lowest BCUT2D eigenvalue weighted by molar-refractivity contribution is -0.131. The summed E-state index contributed by atoms with van der Waals surface area (Å²) in [7, 11) is 0. The molecule has 1 amide bonds. The lowest BCUT2D eigenvalue weighted by atomic mass is 9.98. The van der Waals surface area contributed by atoms with Gasteiger partial charge in [-0.1, -0.05) is 36.8 Å². The average Bonchev–Trinajstić information content (AvgIpc) is 3.10. The van der Waals surface area contributed by atoms with Gasteiger partial charge in [-0.15, -0.1) is 0 Å². The van der Waals surface area contributed by atoms with Crippen molar-refractivity contribution in [1.29, 1.82) is 0 Å². The Kier molecular flexibility index (Phi) is 4.06. The fourth-order valence-electron chi connectivity index (χ4n) is 3.66. The van der Waals surface area contributed by atoms with E-state index in [4.69, 9.17) is 5.73 Å². The van der Waals surface area contributed by atoms with Gasteiger partial charge in [0.1, 0.15) is 0 Å². The number of carbonyl (C=O) groups is 1. The van der Waals surface area contributed by atoms with Crippen molar-refractivity contribution in [2.24, 2.45) is 11.7 Å². The summed E-state index contributed by atoms with van der Waals surface area (Å²) >= 11 is 0. The minimum absolute atomic E-state index is 0.242. The number of benzene rings is 1. The third kappa shape index (κ3) is 2.88. The van der Waals surface area contributed by atoms with Gasteiger partial charge in [0.05, 0.1) is 0 Å². The molecule has 0 bridgehead atoms. The molecule has 0 aromatic heterocycles. The van der Waals surface area contributed by atoms with E-state index in [0.29, 0.717) is 24.2 Å². The topological polar surface area (TPSA) is 46.3 Å². The SMILES string of the molecule is N[C@@H]1CCC[C@H]1CC(=O)N1CCC(c2ccccc2)C1. The summed E-state index contributed by atoms with van der Waals surface area (Å²) in [6, 6.07) is 10.8. The van der Waals surface area contributed by atoms with Crippen LogP contribution in [0, 0.1) is 5.92 Å². The number of hydrogen-bond acceptors (Lipinski definition) is 2. The summed E-state index contributed by atoms with van der Waals surface area (Å²) in [6.07, 6.45) is 5.15. The number of carbonyl (C=O) groups excluding carboxylic acids is 1. The summed E-state index contributed by atoms with van der Waals surface area (Å²) in [6.45, 7) is 1.78. The summed E-state index contributed by atoms with van der Waals surface area (Å²) < 4.78 is 0. The number of amides is 1. The first kappa shape index (κ1) is 13.6. The minimum Gasteiger partial charge on any atom is -0.342 e. The molecule has 1 aliphatic carbocycles. The molecule has 3 atom stereocenters. The minimum atomic E-state index is 0.242. The molecule has 1 aliphatic heterocycles. The number of likely N-dealkylation sites (tertiary alicyclic amines) is 1. The van der Waals surface area contributed by atoms with Gasteiger partial charge >= 0.3 is 0 Å². The van der Waals surface area contributed by atoms with Gasteiger partial charge in [-0.2, -0.15) is 0 Å².